The zero-order valence-electron chi connectivity index (χ0n) is 20.2. The van der Waals surface area contributed by atoms with Gasteiger partial charge in [0, 0.05) is 18.8 Å². The van der Waals surface area contributed by atoms with E-state index in [-0.39, 0.29) is 34.4 Å². The van der Waals surface area contributed by atoms with Crippen molar-refractivity contribution in [1.82, 2.24) is 4.98 Å². The van der Waals surface area contributed by atoms with Crippen molar-refractivity contribution in [2.45, 2.75) is 64.9 Å². The van der Waals surface area contributed by atoms with Gasteiger partial charge >= 0.3 is 11.9 Å². The first kappa shape index (κ1) is 23.7. The lowest BCUT2D eigenvalue weighted by molar-refractivity contribution is -0.148. The number of esters is 1. The molecule has 1 N–H and O–H groups in total. The van der Waals surface area contributed by atoms with Gasteiger partial charge < -0.3 is 9.84 Å². The normalized spacial score (nSPS) is 36.4. The van der Waals surface area contributed by atoms with E-state index in [0.717, 1.165) is 43.9 Å². The molecular weight excluding hydrogens is 446 g/mol. The number of carbonyl (C=O) groups excluding carboxylic acids is 1. The summed E-state index contributed by atoms with van der Waals surface area (Å²) in [6.45, 7) is 4.95. The van der Waals surface area contributed by atoms with Crippen LogP contribution in [-0.2, 0) is 14.3 Å². The van der Waals surface area contributed by atoms with Gasteiger partial charge in [0.05, 0.1) is 11.5 Å². The van der Waals surface area contributed by atoms with Gasteiger partial charge in [-0.15, -0.1) is 11.8 Å². The molecule has 6 atom stereocenters. The number of thioether (sulfide) groups is 1. The number of carbonyl (C=O) groups is 2. The second-order valence-electron chi connectivity index (χ2n) is 11.1. The zero-order chi connectivity index (χ0) is 23.9. The molecular formula is C28H35NO4S. The molecule has 0 spiro atoms. The van der Waals surface area contributed by atoms with E-state index >= 15 is 0 Å². The van der Waals surface area contributed by atoms with Crippen LogP contribution in [0.2, 0.25) is 0 Å². The van der Waals surface area contributed by atoms with Gasteiger partial charge in [-0.05, 0) is 84.3 Å². The number of ether oxygens (including phenoxy) is 1. The molecule has 1 heterocycles. The summed E-state index contributed by atoms with van der Waals surface area (Å²) >= 11 is 1.10. The maximum Gasteiger partial charge on any atom is 0.316 e. The average Bonchev–Trinajstić information content (AvgIpc) is 3.17. The van der Waals surface area contributed by atoms with Crippen LogP contribution >= 0.6 is 11.8 Å². The predicted molar refractivity (Wildman–Crippen MR) is 134 cm³/mol. The highest BCUT2D eigenvalue weighted by Gasteiger charge is 2.57. The fourth-order valence-corrected chi connectivity index (χ4v) is 8.22. The van der Waals surface area contributed by atoms with E-state index in [1.807, 2.05) is 18.5 Å². The second kappa shape index (κ2) is 9.18. The standard InChI is InChI=1S/C28H35NO4S/c1-27-11-9-20(33-26(32)17-34-16-25(30)31)14-19(27)5-6-21-23-8-7-22(18-4-3-13-29-15-18)28(23,2)12-10-24(21)27/h3-5,7,13,15,20-21,23-24H,6,8-12,14,16-17H2,1-2H3,(H,30,31)/t20-,21-,23-,24-,27-,28+/m0/s1. The third kappa shape index (κ3) is 4.12. The largest absolute Gasteiger partial charge is 0.481 e. The average molecular weight is 482 g/mol. The summed E-state index contributed by atoms with van der Waals surface area (Å²) in [5.41, 5.74) is 4.69. The Balaban J connectivity index is 1.27. The van der Waals surface area contributed by atoms with Crippen LogP contribution in [0.5, 0.6) is 0 Å². The number of pyridine rings is 1. The van der Waals surface area contributed by atoms with E-state index < -0.39 is 5.97 Å². The summed E-state index contributed by atoms with van der Waals surface area (Å²) in [7, 11) is 0. The smallest absolute Gasteiger partial charge is 0.316 e. The number of rotatable bonds is 6. The number of aromatic nitrogens is 1. The molecule has 0 aromatic carbocycles. The molecule has 4 aliphatic carbocycles. The molecule has 0 unspecified atom stereocenters. The SMILES string of the molecule is C[C@]12CC[C@H](OC(=O)CSCC(=O)O)CC1=CC[C@@H]1[C@@H]2CC[C@]2(C)C(c3cccnc3)=CC[C@@H]12. The molecule has 0 saturated heterocycles. The molecule has 0 radical (unpaired) electrons. The van der Waals surface area contributed by atoms with Gasteiger partial charge in [-0.1, -0.05) is 37.6 Å². The molecule has 1 aromatic heterocycles. The monoisotopic (exact) mass is 481 g/mol. The Morgan fingerprint density at radius 3 is 2.71 bits per heavy atom. The van der Waals surface area contributed by atoms with E-state index in [0.29, 0.717) is 17.8 Å². The van der Waals surface area contributed by atoms with Crippen molar-refractivity contribution in [2.24, 2.45) is 28.6 Å². The van der Waals surface area contributed by atoms with E-state index in [1.54, 1.807) is 0 Å². The number of allylic oxidation sites excluding steroid dienone is 3. The number of carboxylic acids is 1. The molecule has 0 aliphatic heterocycles. The van der Waals surface area contributed by atoms with Crippen LogP contribution in [0.25, 0.3) is 5.57 Å². The first-order chi connectivity index (χ1) is 16.3. The summed E-state index contributed by atoms with van der Waals surface area (Å²) in [6.07, 6.45) is 16.3. The summed E-state index contributed by atoms with van der Waals surface area (Å²) in [5.74, 6) is 0.918. The number of fused-ring (bicyclic) bond motifs is 5. The van der Waals surface area contributed by atoms with Gasteiger partial charge in [-0.3, -0.25) is 14.6 Å². The van der Waals surface area contributed by atoms with Crippen molar-refractivity contribution >= 4 is 29.3 Å². The third-order valence-electron chi connectivity index (χ3n) is 9.36. The van der Waals surface area contributed by atoms with Crippen molar-refractivity contribution < 1.29 is 19.4 Å². The van der Waals surface area contributed by atoms with E-state index in [4.69, 9.17) is 9.84 Å². The quantitative estimate of drug-likeness (QED) is 0.411. The van der Waals surface area contributed by atoms with Crippen molar-refractivity contribution in [1.29, 1.82) is 0 Å². The summed E-state index contributed by atoms with van der Waals surface area (Å²) in [4.78, 5) is 27.3. The minimum Gasteiger partial charge on any atom is -0.481 e. The molecule has 5 rings (SSSR count). The lowest BCUT2D eigenvalue weighted by Crippen LogP contribution is -2.50. The van der Waals surface area contributed by atoms with Gasteiger partial charge in [0.1, 0.15) is 6.10 Å². The number of aliphatic carboxylic acids is 1. The Bertz CT molecular complexity index is 1020. The van der Waals surface area contributed by atoms with Crippen LogP contribution in [-0.4, -0.2) is 39.6 Å². The van der Waals surface area contributed by atoms with E-state index in [9.17, 15) is 9.59 Å². The number of hydrogen-bond acceptors (Lipinski definition) is 5. The van der Waals surface area contributed by atoms with Crippen LogP contribution in [0.1, 0.15) is 64.4 Å². The van der Waals surface area contributed by atoms with Crippen LogP contribution in [0.4, 0.5) is 0 Å². The number of carboxylic acid groups (broad SMARTS) is 1. The topological polar surface area (TPSA) is 76.5 Å². The van der Waals surface area contributed by atoms with Crippen LogP contribution in [0.15, 0.2) is 42.3 Å². The van der Waals surface area contributed by atoms with Crippen LogP contribution in [0, 0.1) is 28.6 Å². The second-order valence-corrected chi connectivity index (χ2v) is 12.0. The van der Waals surface area contributed by atoms with Gasteiger partial charge in [-0.2, -0.15) is 0 Å². The molecule has 0 bridgehead atoms. The summed E-state index contributed by atoms with van der Waals surface area (Å²) in [5, 5.41) is 8.76. The molecule has 34 heavy (non-hydrogen) atoms. The number of hydrogen-bond donors (Lipinski definition) is 1. The molecule has 6 heteroatoms. The maximum atomic E-state index is 12.2. The number of nitrogens with zero attached hydrogens (tertiary/aromatic N) is 1. The minimum absolute atomic E-state index is 0.0660. The zero-order valence-corrected chi connectivity index (χ0v) is 21.0. The molecule has 1 aromatic rings. The van der Waals surface area contributed by atoms with Gasteiger partial charge in [0.2, 0.25) is 0 Å². The molecule has 182 valence electrons. The van der Waals surface area contributed by atoms with Crippen LogP contribution in [0.3, 0.4) is 0 Å². The molecule has 2 fully saturated rings. The van der Waals surface area contributed by atoms with Crippen molar-refractivity contribution in [3.8, 4) is 0 Å². The lowest BCUT2D eigenvalue weighted by Gasteiger charge is -2.57. The first-order valence-electron chi connectivity index (χ1n) is 12.6. The highest BCUT2D eigenvalue weighted by molar-refractivity contribution is 8.00. The predicted octanol–water partition coefficient (Wildman–Crippen LogP) is 5.77. The van der Waals surface area contributed by atoms with E-state index in [1.165, 1.54) is 29.6 Å². The minimum atomic E-state index is -0.901. The van der Waals surface area contributed by atoms with Crippen molar-refractivity contribution in [3.63, 3.8) is 0 Å². The molecule has 2 saturated carbocycles. The van der Waals surface area contributed by atoms with E-state index in [2.05, 4.69) is 37.0 Å². The van der Waals surface area contributed by atoms with Gasteiger partial charge in [0.25, 0.3) is 0 Å². The highest BCUT2D eigenvalue weighted by Crippen LogP contribution is 2.66. The molecule has 0 amide bonds. The molecule has 4 aliphatic rings. The Kier molecular flexibility index (Phi) is 6.38. The summed E-state index contributed by atoms with van der Waals surface area (Å²) in [6, 6.07) is 4.26. The summed E-state index contributed by atoms with van der Waals surface area (Å²) < 4.78 is 5.74. The maximum absolute atomic E-state index is 12.2. The fourth-order valence-electron chi connectivity index (χ4n) is 7.71. The highest BCUT2D eigenvalue weighted by atomic mass is 32.2. The van der Waals surface area contributed by atoms with Crippen molar-refractivity contribution in [3.05, 3.63) is 47.8 Å². The van der Waals surface area contributed by atoms with Gasteiger partial charge in [-0.25, -0.2) is 0 Å². The Hall–Kier alpha value is -2.08. The molecule has 5 nitrogen and oxygen atoms in total. The first-order valence-corrected chi connectivity index (χ1v) is 13.8. The fraction of sp³-hybridized carbons (Fsp3) is 0.607. The Labute approximate surface area is 206 Å². The van der Waals surface area contributed by atoms with Crippen molar-refractivity contribution in [2.75, 3.05) is 11.5 Å². The Morgan fingerprint density at radius 1 is 1.12 bits per heavy atom. The van der Waals surface area contributed by atoms with Crippen LogP contribution < -0.4 is 0 Å². The van der Waals surface area contributed by atoms with Gasteiger partial charge in [0.15, 0.2) is 0 Å². The Morgan fingerprint density at radius 2 is 1.94 bits per heavy atom. The third-order valence-corrected chi connectivity index (χ3v) is 10.2. The lowest BCUT2D eigenvalue weighted by atomic mass is 9.47.